The summed E-state index contributed by atoms with van der Waals surface area (Å²) in [6, 6.07) is 25.5. The van der Waals surface area contributed by atoms with E-state index in [0.717, 1.165) is 42.8 Å². The molecule has 0 heterocycles. The first-order chi connectivity index (χ1) is 13.3. The molecule has 0 saturated heterocycles. The number of hydrogen-bond acceptors (Lipinski definition) is 4. The molecule has 4 aromatic carbocycles. The Labute approximate surface area is 160 Å². The molecule has 128 valence electrons. The van der Waals surface area contributed by atoms with Crippen molar-refractivity contribution in [2.45, 2.75) is 9.79 Å². The largest absolute Gasteiger partial charge is 0.289 e. The van der Waals surface area contributed by atoms with Gasteiger partial charge >= 0.3 is 0 Å². The Morgan fingerprint density at radius 1 is 0.667 bits per heavy atom. The molecule has 0 unspecified atom stereocenters. The number of nitrogens with one attached hydrogen (secondary N) is 1. The second-order valence-electron chi connectivity index (χ2n) is 6.40. The second-order valence-corrected chi connectivity index (χ2v) is 7.48. The van der Waals surface area contributed by atoms with Gasteiger partial charge in [-0.25, -0.2) is 5.53 Å². The number of para-hydroxylation sites is 1. The van der Waals surface area contributed by atoms with Gasteiger partial charge in [-0.1, -0.05) is 72.4 Å². The highest BCUT2D eigenvalue weighted by atomic mass is 32.2. The molecule has 0 fully saturated rings. The van der Waals surface area contributed by atoms with Crippen LogP contribution in [0.25, 0.3) is 21.9 Å². The van der Waals surface area contributed by atoms with E-state index in [0.29, 0.717) is 5.69 Å². The van der Waals surface area contributed by atoms with Crippen molar-refractivity contribution in [3.63, 3.8) is 0 Å². The van der Waals surface area contributed by atoms with Gasteiger partial charge < -0.3 is 0 Å². The highest BCUT2D eigenvalue weighted by Crippen LogP contribution is 2.45. The first-order valence-corrected chi connectivity index (χ1v) is 9.44. The molecule has 4 aromatic rings. The number of rotatable bonds is 3. The molecule has 0 aromatic heterocycles. The van der Waals surface area contributed by atoms with Crippen molar-refractivity contribution in [1.82, 2.24) is 0 Å². The minimum Gasteiger partial charge on any atom is -0.289 e. The van der Waals surface area contributed by atoms with Gasteiger partial charge in [-0.15, -0.1) is 0 Å². The Balaban J connectivity index is 1.76. The third-order valence-corrected chi connectivity index (χ3v) is 6.05. The molecule has 5 rings (SSSR count). The highest BCUT2D eigenvalue weighted by Gasteiger charge is 2.25. The van der Waals surface area contributed by atoms with Gasteiger partial charge in [-0.3, -0.25) is 4.79 Å². The van der Waals surface area contributed by atoms with E-state index < -0.39 is 0 Å². The highest BCUT2D eigenvalue weighted by molar-refractivity contribution is 7.99. The van der Waals surface area contributed by atoms with Crippen molar-refractivity contribution in [3.8, 4) is 11.1 Å². The number of ketones is 1. The third-order valence-electron chi connectivity index (χ3n) is 4.91. The Kier molecular flexibility index (Phi) is 3.66. The normalized spacial score (nSPS) is 12.1. The molecule has 0 aliphatic heterocycles. The Hall–Kier alpha value is -3.24. The number of carbonyl (C=O) groups is 1. The van der Waals surface area contributed by atoms with Gasteiger partial charge in [0.05, 0.1) is 5.69 Å². The molecule has 1 aliphatic carbocycles. The van der Waals surface area contributed by atoms with Gasteiger partial charge in [0.1, 0.15) is 0 Å². The standard InChI is InChI=1S/C23H14N2OS/c24-25-19-10-3-4-11-21(19)27-20-13-12-15-14-6-1-2-7-16(14)23(26)18-9-5-8-17(20)22(15)18/h1-13,24H. The first kappa shape index (κ1) is 16.0. The van der Waals surface area contributed by atoms with E-state index in [1.54, 1.807) is 11.8 Å². The fourth-order valence-corrected chi connectivity index (χ4v) is 4.72. The van der Waals surface area contributed by atoms with Crippen molar-refractivity contribution < 1.29 is 4.79 Å². The fraction of sp³-hybridized carbons (Fsp3) is 0. The lowest BCUT2D eigenvalue weighted by atomic mass is 9.83. The van der Waals surface area contributed by atoms with Gasteiger partial charge in [-0.05, 0) is 34.7 Å². The van der Waals surface area contributed by atoms with Crippen molar-refractivity contribution in [2.24, 2.45) is 5.11 Å². The van der Waals surface area contributed by atoms with Crippen LogP contribution in [0.4, 0.5) is 5.69 Å². The summed E-state index contributed by atoms with van der Waals surface area (Å²) < 4.78 is 0. The summed E-state index contributed by atoms with van der Waals surface area (Å²) in [6.45, 7) is 0. The van der Waals surface area contributed by atoms with Crippen molar-refractivity contribution >= 4 is 34.0 Å². The molecule has 0 spiro atoms. The maximum Gasteiger partial charge on any atom is 0.194 e. The monoisotopic (exact) mass is 366 g/mol. The molecule has 1 N–H and O–H groups in total. The van der Waals surface area contributed by atoms with Gasteiger partial charge in [-0.2, -0.15) is 5.11 Å². The molecule has 4 heteroatoms. The zero-order valence-corrected chi connectivity index (χ0v) is 15.1. The van der Waals surface area contributed by atoms with Crippen LogP contribution < -0.4 is 0 Å². The van der Waals surface area contributed by atoms with Crippen LogP contribution in [0.15, 0.2) is 93.8 Å². The number of carbonyl (C=O) groups excluding carboxylic acids is 1. The van der Waals surface area contributed by atoms with E-state index >= 15 is 0 Å². The molecule has 27 heavy (non-hydrogen) atoms. The summed E-state index contributed by atoms with van der Waals surface area (Å²) in [6.07, 6.45) is 0. The second kappa shape index (κ2) is 6.18. The fourth-order valence-electron chi connectivity index (χ4n) is 3.70. The van der Waals surface area contributed by atoms with Gasteiger partial charge in [0.2, 0.25) is 0 Å². The smallest absolute Gasteiger partial charge is 0.194 e. The van der Waals surface area contributed by atoms with Crippen molar-refractivity contribution in [2.75, 3.05) is 0 Å². The minimum atomic E-state index is 0.0763. The maximum atomic E-state index is 13.0. The molecule has 0 atom stereocenters. The zero-order chi connectivity index (χ0) is 18.4. The summed E-state index contributed by atoms with van der Waals surface area (Å²) in [7, 11) is 0. The first-order valence-electron chi connectivity index (χ1n) is 8.62. The summed E-state index contributed by atoms with van der Waals surface area (Å²) in [5.74, 6) is 0.0763. The quantitative estimate of drug-likeness (QED) is 0.354. The molecular formula is C23H14N2OS. The summed E-state index contributed by atoms with van der Waals surface area (Å²) in [4.78, 5) is 15.0. The van der Waals surface area contributed by atoms with Gasteiger partial charge in [0.15, 0.2) is 5.78 Å². The minimum absolute atomic E-state index is 0.0763. The predicted molar refractivity (Wildman–Crippen MR) is 108 cm³/mol. The van der Waals surface area contributed by atoms with Crippen LogP contribution in [-0.2, 0) is 0 Å². The van der Waals surface area contributed by atoms with Crippen LogP contribution in [0.2, 0.25) is 0 Å². The number of fused-ring (bicyclic) bond motifs is 2. The lowest BCUT2D eigenvalue weighted by molar-refractivity contribution is 0.104. The molecule has 0 radical (unpaired) electrons. The van der Waals surface area contributed by atoms with E-state index in [-0.39, 0.29) is 5.78 Å². The van der Waals surface area contributed by atoms with Crippen LogP contribution in [-0.4, -0.2) is 5.78 Å². The summed E-state index contributed by atoms with van der Waals surface area (Å²) in [5, 5.41) is 5.69. The SMILES string of the molecule is N=Nc1ccccc1Sc1ccc2c3c(cccc13)C(=O)c1ccccc1-2. The van der Waals surface area contributed by atoms with Crippen molar-refractivity contribution in [1.29, 1.82) is 5.53 Å². The average molecular weight is 366 g/mol. The van der Waals surface area contributed by atoms with Crippen LogP contribution >= 0.6 is 11.8 Å². The zero-order valence-electron chi connectivity index (χ0n) is 14.3. The molecule has 0 amide bonds. The number of hydrogen-bond donors (Lipinski definition) is 1. The Bertz CT molecular complexity index is 1250. The molecule has 0 bridgehead atoms. The molecule has 0 saturated carbocycles. The predicted octanol–water partition coefficient (Wildman–Crippen LogP) is 6.86. The van der Waals surface area contributed by atoms with Gasteiger partial charge in [0.25, 0.3) is 0 Å². The lowest BCUT2D eigenvalue weighted by Gasteiger charge is -2.21. The van der Waals surface area contributed by atoms with Crippen molar-refractivity contribution in [3.05, 3.63) is 90.0 Å². The van der Waals surface area contributed by atoms with E-state index in [1.165, 1.54) is 0 Å². The average Bonchev–Trinajstić information content (AvgIpc) is 2.73. The van der Waals surface area contributed by atoms with Crippen LogP contribution in [0.5, 0.6) is 0 Å². The molecular weight excluding hydrogens is 352 g/mol. The van der Waals surface area contributed by atoms with E-state index in [4.69, 9.17) is 5.53 Å². The topological polar surface area (TPSA) is 53.3 Å². The Morgan fingerprint density at radius 3 is 2.26 bits per heavy atom. The molecule has 1 aliphatic rings. The summed E-state index contributed by atoms with van der Waals surface area (Å²) >= 11 is 1.58. The number of benzene rings is 4. The van der Waals surface area contributed by atoms with Crippen LogP contribution in [0.1, 0.15) is 15.9 Å². The Morgan fingerprint density at radius 2 is 1.41 bits per heavy atom. The van der Waals surface area contributed by atoms with Crippen LogP contribution in [0.3, 0.4) is 0 Å². The van der Waals surface area contributed by atoms with E-state index in [2.05, 4.69) is 23.3 Å². The van der Waals surface area contributed by atoms with E-state index in [1.807, 2.05) is 60.7 Å². The third kappa shape index (κ3) is 2.41. The van der Waals surface area contributed by atoms with Gasteiger partial charge in [0, 0.05) is 26.3 Å². The van der Waals surface area contributed by atoms with E-state index in [9.17, 15) is 4.79 Å². The molecule has 3 nitrogen and oxygen atoms in total. The van der Waals surface area contributed by atoms with Crippen LogP contribution in [0, 0.1) is 5.53 Å². The summed E-state index contributed by atoms with van der Waals surface area (Å²) in [5.41, 5.74) is 11.6. The number of nitrogens with zero attached hydrogens (tertiary/aromatic N) is 1. The lowest BCUT2D eigenvalue weighted by Crippen LogP contribution is -2.09. The maximum absolute atomic E-state index is 13.0.